The lowest BCUT2D eigenvalue weighted by Crippen LogP contribution is -2.16. The summed E-state index contributed by atoms with van der Waals surface area (Å²) >= 11 is 2.98. The van der Waals surface area contributed by atoms with Gasteiger partial charge in [-0.3, -0.25) is 0 Å². The Hall–Kier alpha value is 0.547. The van der Waals surface area contributed by atoms with Crippen LogP contribution < -0.4 is 0 Å². The van der Waals surface area contributed by atoms with Gasteiger partial charge >= 0.3 is 12.8 Å². The van der Waals surface area contributed by atoms with Crippen molar-refractivity contribution >= 4 is 30.4 Å². The van der Waals surface area contributed by atoms with Crippen molar-refractivity contribution in [2.45, 2.75) is 25.8 Å². The smallest absolute Gasteiger partial charge is 0.168 e. The number of hydrogen-bond acceptors (Lipinski definition) is 2. The Kier molecular flexibility index (Phi) is 5.07. The maximum atomic E-state index is 11.7. The van der Waals surface area contributed by atoms with Gasteiger partial charge in [-0.25, -0.2) is 0 Å². The Morgan fingerprint density at radius 1 is 1.38 bits per heavy atom. The summed E-state index contributed by atoms with van der Waals surface area (Å²) in [6.07, 6.45) is -4.27. The predicted molar refractivity (Wildman–Crippen MR) is 53.6 cm³/mol. The van der Waals surface area contributed by atoms with Crippen molar-refractivity contribution in [2.75, 3.05) is 6.61 Å². The second-order valence-electron chi connectivity index (χ2n) is 3.39. The Labute approximate surface area is 85.2 Å². The average molecular weight is 297 g/mol. The van der Waals surface area contributed by atoms with Crippen LogP contribution in [-0.2, 0) is 4.52 Å². The highest BCUT2D eigenvalue weighted by Gasteiger charge is 2.33. The number of halogens is 4. The fourth-order valence-corrected chi connectivity index (χ4v) is 7.35. The monoisotopic (exact) mass is 296 g/mol. The number of nitrogens with zero attached hydrogens (tertiary/aromatic N) is 1. The van der Waals surface area contributed by atoms with E-state index in [-0.39, 0.29) is 0 Å². The third-order valence-corrected chi connectivity index (χ3v) is 6.13. The van der Waals surface area contributed by atoms with Crippen LogP contribution in [0.4, 0.5) is 13.2 Å². The number of hydrogen-bond donors (Lipinski definition) is 0. The lowest BCUT2D eigenvalue weighted by Gasteiger charge is -2.02. The van der Waals surface area contributed by atoms with Crippen LogP contribution in [0, 0.1) is 0 Å². The molecule has 0 radical (unpaired) electrons. The summed E-state index contributed by atoms with van der Waals surface area (Å²) < 4.78 is 43.7. The minimum atomic E-state index is -4.27. The van der Waals surface area contributed by atoms with Crippen molar-refractivity contribution in [3.05, 3.63) is 0 Å². The second-order valence-corrected chi connectivity index (χ2v) is 11.1. The standard InChI is InChI=1S/C5H11BrF3NOPSi/c1-13(2,3)10-12(6)11-4-5(7,8)9/h4H2,1-3H3/q+1. The molecule has 0 heterocycles. The molecule has 0 fully saturated rings. The molecule has 0 rings (SSSR count). The van der Waals surface area contributed by atoms with E-state index < -0.39 is 27.7 Å². The number of rotatable bonds is 3. The Morgan fingerprint density at radius 2 is 1.85 bits per heavy atom. The van der Waals surface area contributed by atoms with Gasteiger partial charge in [-0.1, -0.05) is 0 Å². The molecule has 0 aliphatic rings. The molecule has 0 saturated heterocycles. The molecular weight excluding hydrogens is 286 g/mol. The Morgan fingerprint density at radius 3 is 2.15 bits per heavy atom. The first kappa shape index (κ1) is 13.5. The minimum absolute atomic E-state index is 1.24. The van der Waals surface area contributed by atoms with Crippen LogP contribution in [0.1, 0.15) is 0 Å². The van der Waals surface area contributed by atoms with E-state index in [0.29, 0.717) is 0 Å². The van der Waals surface area contributed by atoms with Crippen molar-refractivity contribution in [3.8, 4) is 0 Å². The van der Waals surface area contributed by atoms with Crippen molar-refractivity contribution in [3.63, 3.8) is 0 Å². The van der Waals surface area contributed by atoms with Gasteiger partial charge < -0.3 is 0 Å². The highest BCUT2D eigenvalue weighted by molar-refractivity contribution is 9.37. The molecule has 0 aromatic rings. The van der Waals surface area contributed by atoms with Gasteiger partial charge in [0, 0.05) is 0 Å². The molecule has 2 nitrogen and oxygen atoms in total. The van der Waals surface area contributed by atoms with Crippen LogP contribution in [0.2, 0.25) is 19.6 Å². The molecule has 8 heteroatoms. The Balaban J connectivity index is 4.02. The molecule has 0 spiro atoms. The maximum Gasteiger partial charge on any atom is 0.442 e. The SMILES string of the molecule is C[Si](C)(C)/N=[P+](\Br)OCC(F)(F)F. The summed E-state index contributed by atoms with van der Waals surface area (Å²) in [7, 11) is -1.70. The third kappa shape index (κ3) is 10.5. The Bertz CT molecular complexity index is 203. The van der Waals surface area contributed by atoms with E-state index >= 15 is 0 Å². The van der Waals surface area contributed by atoms with Crippen LogP contribution >= 0.6 is 22.1 Å². The van der Waals surface area contributed by atoms with E-state index in [1.807, 2.05) is 19.6 Å². The molecule has 0 aromatic carbocycles. The molecule has 1 unspecified atom stereocenters. The molecule has 13 heavy (non-hydrogen) atoms. The number of alkyl halides is 3. The van der Waals surface area contributed by atoms with E-state index in [1.54, 1.807) is 0 Å². The molecule has 0 aromatic heterocycles. The molecule has 0 saturated carbocycles. The van der Waals surface area contributed by atoms with Crippen LogP contribution in [-0.4, -0.2) is 21.0 Å². The van der Waals surface area contributed by atoms with E-state index in [1.165, 1.54) is 0 Å². The topological polar surface area (TPSA) is 21.6 Å². The molecule has 78 valence electrons. The van der Waals surface area contributed by atoms with Crippen LogP contribution in [0.25, 0.3) is 0 Å². The van der Waals surface area contributed by atoms with E-state index in [4.69, 9.17) is 0 Å². The second kappa shape index (κ2) is 4.86. The van der Waals surface area contributed by atoms with Gasteiger partial charge in [0.25, 0.3) is 15.5 Å². The van der Waals surface area contributed by atoms with Gasteiger partial charge in [0.05, 0.1) is 0 Å². The minimum Gasteiger partial charge on any atom is -0.168 e. The van der Waals surface area contributed by atoms with Gasteiger partial charge in [0.2, 0.25) is 8.24 Å². The molecule has 0 bridgehead atoms. The normalized spacial score (nSPS) is 14.8. The van der Waals surface area contributed by atoms with Gasteiger partial charge in [-0.15, -0.1) is 8.93 Å². The molecular formula is C5H11BrF3NOPSi+. The van der Waals surface area contributed by atoms with Crippen LogP contribution in [0.5, 0.6) is 0 Å². The predicted octanol–water partition coefficient (Wildman–Crippen LogP) is 4.29. The summed E-state index contributed by atoms with van der Waals surface area (Å²) in [6.45, 7) is 3.10. The molecule has 0 amide bonds. The van der Waals surface area contributed by atoms with Crippen molar-refractivity contribution in [1.82, 2.24) is 0 Å². The zero-order valence-electron chi connectivity index (χ0n) is 7.52. The van der Waals surface area contributed by atoms with Gasteiger partial charge in [-0.05, 0) is 19.6 Å². The van der Waals surface area contributed by atoms with Gasteiger partial charge in [-0.2, -0.15) is 13.2 Å². The first-order valence-electron chi connectivity index (χ1n) is 3.48. The highest BCUT2D eigenvalue weighted by Crippen LogP contribution is 2.39. The quantitative estimate of drug-likeness (QED) is 0.562. The van der Waals surface area contributed by atoms with Gasteiger partial charge in [0.15, 0.2) is 6.61 Å². The van der Waals surface area contributed by atoms with E-state index in [2.05, 4.69) is 24.4 Å². The van der Waals surface area contributed by atoms with Crippen molar-refractivity contribution in [1.29, 1.82) is 0 Å². The summed E-state index contributed by atoms with van der Waals surface area (Å²) in [6, 6.07) is 0. The first-order valence-corrected chi connectivity index (χ1v) is 10.2. The fourth-order valence-electron chi connectivity index (χ4n) is 0.391. The van der Waals surface area contributed by atoms with Crippen molar-refractivity contribution < 1.29 is 17.7 Å². The zero-order chi connectivity index (χ0) is 10.7. The molecule has 1 atom stereocenters. The summed E-state index contributed by atoms with van der Waals surface area (Å²) in [5.74, 6) is 0. The van der Waals surface area contributed by atoms with Crippen LogP contribution in [0.3, 0.4) is 0 Å². The molecule has 0 N–H and O–H groups in total. The maximum absolute atomic E-state index is 11.7. The first-order chi connectivity index (χ1) is 5.60. The third-order valence-electron chi connectivity index (χ3n) is 0.713. The average Bonchev–Trinajstić information content (AvgIpc) is 1.78. The molecule has 0 aliphatic carbocycles. The fraction of sp³-hybridized carbons (Fsp3) is 1.00. The van der Waals surface area contributed by atoms with E-state index in [0.717, 1.165) is 0 Å². The van der Waals surface area contributed by atoms with Crippen LogP contribution in [0.15, 0.2) is 4.41 Å². The summed E-state index contributed by atoms with van der Waals surface area (Å²) in [4.78, 5) is 0. The van der Waals surface area contributed by atoms with Gasteiger partial charge in [0.1, 0.15) is 0 Å². The molecule has 0 aliphatic heterocycles. The lowest BCUT2D eigenvalue weighted by molar-refractivity contribution is -0.151. The lowest BCUT2D eigenvalue weighted by atomic mass is 10.7. The largest absolute Gasteiger partial charge is 0.442 e. The van der Waals surface area contributed by atoms with E-state index in [9.17, 15) is 13.2 Å². The summed E-state index contributed by atoms with van der Waals surface area (Å²) in [5.41, 5.74) is 0. The van der Waals surface area contributed by atoms with Crippen molar-refractivity contribution in [2.24, 2.45) is 4.41 Å². The zero-order valence-corrected chi connectivity index (χ0v) is 11.0. The highest BCUT2D eigenvalue weighted by atomic mass is 79.9. The summed E-state index contributed by atoms with van der Waals surface area (Å²) in [5, 5.41) is 0.